The van der Waals surface area contributed by atoms with Crippen LogP contribution in [0, 0.1) is 0 Å². The van der Waals surface area contributed by atoms with Gasteiger partial charge in [0.1, 0.15) is 0 Å². The summed E-state index contributed by atoms with van der Waals surface area (Å²) < 4.78 is 0. The van der Waals surface area contributed by atoms with Crippen LogP contribution in [0.5, 0.6) is 0 Å². The molecule has 0 saturated carbocycles. The van der Waals surface area contributed by atoms with E-state index in [4.69, 9.17) is 0 Å². The van der Waals surface area contributed by atoms with Crippen LogP contribution in [-0.4, -0.2) is 30.4 Å². The quantitative estimate of drug-likeness (QED) is 0.385. The van der Waals surface area contributed by atoms with E-state index in [9.17, 15) is 0 Å². The third-order valence-electron chi connectivity index (χ3n) is 0.289. The highest BCUT2D eigenvalue weighted by molar-refractivity contribution is 6.54. The Morgan fingerprint density at radius 2 is 1.62 bits per heavy atom. The zero-order valence-corrected chi connectivity index (χ0v) is 9.72. The zero-order valence-electron chi connectivity index (χ0n) is 6.57. The molecule has 0 aromatic rings. The summed E-state index contributed by atoms with van der Waals surface area (Å²) in [6.45, 7) is 3.51. The monoisotopic (exact) mass is 142 g/mol. The first-order valence-corrected chi connectivity index (χ1v) is 8.13. The fraction of sp³-hybridized carbons (Fsp3) is 0.667. The van der Waals surface area contributed by atoms with Crippen molar-refractivity contribution < 1.29 is 0 Å². The molecule has 0 radical (unpaired) electrons. The molecular formula is C6H16Al2. The second-order valence-corrected chi connectivity index (χ2v) is 6.71. The van der Waals surface area contributed by atoms with Gasteiger partial charge in [0.2, 0.25) is 16.3 Å². The summed E-state index contributed by atoms with van der Waals surface area (Å²) in [5, 5.41) is 1.22. The minimum absolute atomic E-state index is 0.139. The molecule has 0 aliphatic heterocycles. The minimum Gasteiger partial charge on any atom is -0.106 e. The normalized spacial score (nSPS) is 6.38. The third kappa shape index (κ3) is 70.4. The van der Waals surface area contributed by atoms with Crippen molar-refractivity contribution in [3.8, 4) is 0 Å². The van der Waals surface area contributed by atoms with Gasteiger partial charge < -0.3 is 0 Å². The number of hydrogen-bond donors (Lipinski definition) is 0. The van der Waals surface area contributed by atoms with E-state index < -0.39 is 0 Å². The second kappa shape index (κ2) is 10.7. The molecule has 2 heteroatoms. The van der Waals surface area contributed by atoms with Gasteiger partial charge in [-0.1, -0.05) is 5.28 Å². The highest BCUT2D eigenvalue weighted by Crippen LogP contribution is 1.68. The van der Waals surface area contributed by atoms with Gasteiger partial charge in [-0.05, 0) is 0 Å². The highest BCUT2D eigenvalue weighted by Gasteiger charge is 1.81. The molecular weight excluding hydrogens is 126 g/mol. The lowest BCUT2D eigenvalue weighted by Gasteiger charge is -1.67. The summed E-state index contributed by atoms with van der Waals surface area (Å²) in [4.78, 5) is 0. The Morgan fingerprint density at radius 3 is 1.62 bits per heavy atom. The Hall–Kier alpha value is 0.805. The summed E-state index contributed by atoms with van der Waals surface area (Å²) in [6.07, 6.45) is 1.94. The smallest absolute Gasteiger partial charge is 0.106 e. The number of rotatable bonds is 1. The van der Waals surface area contributed by atoms with Crippen LogP contribution in [0.2, 0.25) is 22.6 Å². The van der Waals surface area contributed by atoms with Gasteiger partial charge in [0, 0.05) is 0 Å². The van der Waals surface area contributed by atoms with Crippen molar-refractivity contribution in [3.05, 3.63) is 12.7 Å². The Kier molecular flexibility index (Phi) is 15.5. The zero-order chi connectivity index (χ0) is 6.99. The van der Waals surface area contributed by atoms with Crippen molar-refractivity contribution >= 4 is 30.4 Å². The van der Waals surface area contributed by atoms with Crippen LogP contribution in [0.15, 0.2) is 12.7 Å². The van der Waals surface area contributed by atoms with Crippen LogP contribution >= 0.6 is 0 Å². The molecule has 0 aliphatic rings. The van der Waals surface area contributed by atoms with E-state index in [1.54, 1.807) is 0 Å². The maximum absolute atomic E-state index is 3.51. The lowest BCUT2D eigenvalue weighted by atomic mass is 10.8. The molecule has 0 aliphatic carbocycles. The van der Waals surface area contributed by atoms with Gasteiger partial charge in [-0.3, -0.25) is 0 Å². The van der Waals surface area contributed by atoms with Crippen molar-refractivity contribution in [3.63, 3.8) is 0 Å². The highest BCUT2D eigenvalue weighted by atomic mass is 27.2. The number of allylic oxidation sites excluding steroid dienone is 1. The maximum atomic E-state index is 3.51. The first kappa shape index (κ1) is 11.6. The average Bonchev–Trinajstić information content (AvgIpc) is 1.65. The molecule has 0 bridgehead atoms. The predicted molar refractivity (Wildman–Crippen MR) is 46.9 cm³/mol. The van der Waals surface area contributed by atoms with Gasteiger partial charge in [0.15, 0.2) is 0 Å². The van der Waals surface area contributed by atoms with E-state index >= 15 is 0 Å². The number of hydrogen-bond acceptors (Lipinski definition) is 0. The Morgan fingerprint density at radius 1 is 1.50 bits per heavy atom. The average molecular weight is 142 g/mol. The summed E-state index contributed by atoms with van der Waals surface area (Å²) in [5.74, 6) is 6.92. The molecule has 0 fully saturated rings. The van der Waals surface area contributed by atoms with E-state index in [1.807, 2.05) is 6.08 Å². The van der Waals surface area contributed by atoms with Gasteiger partial charge in [-0.15, -0.1) is 30.0 Å². The summed E-state index contributed by atoms with van der Waals surface area (Å²) >= 11 is 1.13. The Labute approximate surface area is 65.8 Å². The standard InChI is InChI=1S/C3H5.3CH3.2Al.2H/c1-3-2;;;;;;;/h3H,1-2H2;3*1H3;;;;. The van der Waals surface area contributed by atoms with Crippen LogP contribution in [0.4, 0.5) is 0 Å². The summed E-state index contributed by atoms with van der Waals surface area (Å²) in [5.41, 5.74) is 0. The molecule has 0 atom stereocenters. The van der Waals surface area contributed by atoms with E-state index in [-0.39, 0.29) is 14.1 Å². The molecule has 0 unspecified atom stereocenters. The fourth-order valence-corrected chi connectivity index (χ4v) is 0. The Bertz CT molecular complexity index is 39.0. The third-order valence-corrected chi connectivity index (χ3v) is 0.866. The van der Waals surface area contributed by atoms with E-state index in [2.05, 4.69) is 23.9 Å². The molecule has 0 saturated heterocycles. The molecule has 8 heavy (non-hydrogen) atoms. The Balaban J connectivity index is 0. The molecule has 0 aromatic carbocycles. The second-order valence-electron chi connectivity index (χ2n) is 2.43. The molecule has 0 aromatic heterocycles. The van der Waals surface area contributed by atoms with Crippen molar-refractivity contribution in [2.75, 3.05) is 0 Å². The largest absolute Gasteiger partial charge is 0.251 e. The molecule has 0 rings (SSSR count). The van der Waals surface area contributed by atoms with Gasteiger partial charge in [0.25, 0.3) is 14.1 Å². The van der Waals surface area contributed by atoms with Crippen molar-refractivity contribution in [2.45, 2.75) is 22.6 Å². The van der Waals surface area contributed by atoms with Gasteiger partial charge >= 0.3 is 0 Å². The van der Waals surface area contributed by atoms with Crippen LogP contribution < -0.4 is 0 Å². The van der Waals surface area contributed by atoms with Crippen molar-refractivity contribution in [1.29, 1.82) is 0 Å². The minimum atomic E-state index is -0.139. The lowest BCUT2D eigenvalue weighted by molar-refractivity contribution is 1.76. The predicted octanol–water partition coefficient (Wildman–Crippen LogP) is 1.59. The molecule has 0 heterocycles. The summed E-state index contributed by atoms with van der Waals surface area (Å²) in [7, 11) is 0. The molecule has 0 nitrogen and oxygen atoms in total. The van der Waals surface area contributed by atoms with E-state index in [0.29, 0.717) is 0 Å². The lowest BCUT2D eigenvalue weighted by Crippen LogP contribution is -1.84. The molecule has 0 N–H and O–H groups in total. The SMILES string of the molecule is C=C[CH2][AlH2].[CH3][Al]([CH3])[CH3]. The van der Waals surface area contributed by atoms with Gasteiger partial charge in [-0.2, -0.15) is 0 Å². The molecule has 0 amide bonds. The van der Waals surface area contributed by atoms with Crippen molar-refractivity contribution in [1.82, 2.24) is 0 Å². The van der Waals surface area contributed by atoms with E-state index in [1.165, 1.54) is 21.6 Å². The van der Waals surface area contributed by atoms with Crippen LogP contribution in [0.1, 0.15) is 0 Å². The maximum Gasteiger partial charge on any atom is 0.251 e. The van der Waals surface area contributed by atoms with E-state index in [0.717, 1.165) is 0 Å². The topological polar surface area (TPSA) is 0 Å². The van der Waals surface area contributed by atoms with Crippen LogP contribution in [-0.2, 0) is 0 Å². The first-order valence-electron chi connectivity index (χ1n) is 3.26. The van der Waals surface area contributed by atoms with Gasteiger partial charge in [0.05, 0.1) is 0 Å². The van der Waals surface area contributed by atoms with Gasteiger partial charge in [-0.25, -0.2) is 0 Å². The summed E-state index contributed by atoms with van der Waals surface area (Å²) in [6, 6.07) is 0. The van der Waals surface area contributed by atoms with Crippen LogP contribution in [0.25, 0.3) is 0 Å². The first-order chi connectivity index (χ1) is 3.65. The fourth-order valence-electron chi connectivity index (χ4n) is 0. The molecule has 0 spiro atoms. The molecule has 46 valence electrons. The van der Waals surface area contributed by atoms with Crippen LogP contribution in [0.3, 0.4) is 0 Å². The van der Waals surface area contributed by atoms with Crippen molar-refractivity contribution in [2.24, 2.45) is 0 Å².